The van der Waals surface area contributed by atoms with Crippen molar-refractivity contribution in [1.82, 2.24) is 9.88 Å². The van der Waals surface area contributed by atoms with Gasteiger partial charge >= 0.3 is 0 Å². The molecule has 0 saturated heterocycles. The molecule has 26 heavy (non-hydrogen) atoms. The second-order valence-electron chi connectivity index (χ2n) is 5.86. The fraction of sp³-hybridized carbons (Fsp3) is 0.263. The number of carbonyl (C=O) groups is 1. The topological polar surface area (TPSA) is 54.5 Å². The number of nitrogens with zero attached hydrogens (tertiary/aromatic N) is 2. The molecule has 136 valence electrons. The SMILES string of the molecule is COc1ccccc1CN(Cc1csc(NC(C)=O)n1)Cc1cccs1. The second-order valence-corrected chi connectivity index (χ2v) is 7.75. The number of anilines is 1. The van der Waals surface area contributed by atoms with Gasteiger partial charge in [0, 0.05) is 42.4 Å². The summed E-state index contributed by atoms with van der Waals surface area (Å²) in [6.07, 6.45) is 0. The molecule has 0 bridgehead atoms. The zero-order valence-corrected chi connectivity index (χ0v) is 16.4. The molecule has 3 aromatic rings. The monoisotopic (exact) mass is 387 g/mol. The third-order valence-electron chi connectivity index (χ3n) is 3.77. The molecular weight excluding hydrogens is 366 g/mol. The average molecular weight is 388 g/mol. The third kappa shape index (κ3) is 5.14. The van der Waals surface area contributed by atoms with Gasteiger partial charge in [-0.15, -0.1) is 22.7 Å². The van der Waals surface area contributed by atoms with Crippen LogP contribution in [0.2, 0.25) is 0 Å². The van der Waals surface area contributed by atoms with E-state index in [0.717, 1.165) is 30.1 Å². The summed E-state index contributed by atoms with van der Waals surface area (Å²) in [5.74, 6) is 0.788. The summed E-state index contributed by atoms with van der Waals surface area (Å²) in [6.45, 7) is 3.79. The Morgan fingerprint density at radius 2 is 2.00 bits per heavy atom. The van der Waals surface area contributed by atoms with E-state index in [1.807, 2.05) is 23.6 Å². The van der Waals surface area contributed by atoms with Crippen molar-refractivity contribution >= 4 is 33.7 Å². The Morgan fingerprint density at radius 3 is 2.73 bits per heavy atom. The van der Waals surface area contributed by atoms with E-state index in [9.17, 15) is 4.79 Å². The van der Waals surface area contributed by atoms with E-state index in [1.54, 1.807) is 18.4 Å². The van der Waals surface area contributed by atoms with Crippen LogP contribution in [0.15, 0.2) is 47.2 Å². The van der Waals surface area contributed by atoms with Crippen LogP contribution in [0.4, 0.5) is 5.13 Å². The number of rotatable bonds is 8. The average Bonchev–Trinajstić information content (AvgIpc) is 3.27. The van der Waals surface area contributed by atoms with Gasteiger partial charge in [0.1, 0.15) is 5.75 Å². The first-order valence-electron chi connectivity index (χ1n) is 8.22. The van der Waals surface area contributed by atoms with Gasteiger partial charge in [-0.05, 0) is 17.5 Å². The van der Waals surface area contributed by atoms with E-state index in [-0.39, 0.29) is 5.91 Å². The van der Waals surface area contributed by atoms with E-state index < -0.39 is 0 Å². The molecule has 0 spiro atoms. The zero-order chi connectivity index (χ0) is 18.4. The van der Waals surface area contributed by atoms with Crippen molar-refractivity contribution in [2.75, 3.05) is 12.4 Å². The van der Waals surface area contributed by atoms with Crippen LogP contribution < -0.4 is 10.1 Å². The second kappa shape index (κ2) is 8.93. The number of thiazole rings is 1. The molecule has 0 fully saturated rings. The normalized spacial score (nSPS) is 10.9. The number of para-hydroxylation sites is 1. The van der Waals surface area contributed by atoms with Crippen molar-refractivity contribution in [2.45, 2.75) is 26.6 Å². The number of thiophene rings is 1. The summed E-state index contributed by atoms with van der Waals surface area (Å²) >= 11 is 3.20. The number of hydrogen-bond acceptors (Lipinski definition) is 6. The highest BCUT2D eigenvalue weighted by Gasteiger charge is 2.14. The van der Waals surface area contributed by atoms with Crippen LogP contribution in [0, 0.1) is 0 Å². The minimum absolute atomic E-state index is 0.102. The van der Waals surface area contributed by atoms with Crippen LogP contribution in [-0.2, 0) is 24.4 Å². The highest BCUT2D eigenvalue weighted by molar-refractivity contribution is 7.13. The predicted octanol–water partition coefficient (Wildman–Crippen LogP) is 4.37. The van der Waals surface area contributed by atoms with Gasteiger partial charge in [-0.3, -0.25) is 9.69 Å². The van der Waals surface area contributed by atoms with Crippen LogP contribution in [0.25, 0.3) is 0 Å². The molecule has 2 heterocycles. The summed E-state index contributed by atoms with van der Waals surface area (Å²) in [4.78, 5) is 19.4. The van der Waals surface area contributed by atoms with Gasteiger partial charge in [0.2, 0.25) is 5.91 Å². The van der Waals surface area contributed by atoms with E-state index >= 15 is 0 Å². The fourth-order valence-electron chi connectivity index (χ4n) is 2.68. The highest BCUT2D eigenvalue weighted by Crippen LogP contribution is 2.24. The number of aromatic nitrogens is 1. The molecular formula is C19H21N3O2S2. The van der Waals surface area contributed by atoms with Gasteiger partial charge in [0.25, 0.3) is 0 Å². The highest BCUT2D eigenvalue weighted by atomic mass is 32.1. The van der Waals surface area contributed by atoms with Crippen molar-refractivity contribution < 1.29 is 9.53 Å². The minimum atomic E-state index is -0.102. The molecule has 7 heteroatoms. The van der Waals surface area contributed by atoms with Crippen molar-refractivity contribution in [3.63, 3.8) is 0 Å². The van der Waals surface area contributed by atoms with E-state index in [0.29, 0.717) is 11.7 Å². The largest absolute Gasteiger partial charge is 0.496 e. The van der Waals surface area contributed by atoms with Gasteiger partial charge in [0.05, 0.1) is 12.8 Å². The molecule has 1 N–H and O–H groups in total. The number of ether oxygens (including phenoxy) is 1. The lowest BCUT2D eigenvalue weighted by atomic mass is 10.2. The molecule has 5 nitrogen and oxygen atoms in total. The summed E-state index contributed by atoms with van der Waals surface area (Å²) in [5.41, 5.74) is 2.09. The Hall–Kier alpha value is -2.22. The number of methoxy groups -OCH3 is 1. The van der Waals surface area contributed by atoms with E-state index in [2.05, 4.69) is 38.8 Å². The Kier molecular flexibility index (Phi) is 6.38. The van der Waals surface area contributed by atoms with Gasteiger partial charge in [0.15, 0.2) is 5.13 Å². The first-order chi connectivity index (χ1) is 12.6. The molecule has 0 radical (unpaired) electrons. The lowest BCUT2D eigenvalue weighted by molar-refractivity contribution is -0.114. The number of amides is 1. The standard InChI is InChI=1S/C19H21N3O2S2/c1-14(23)20-19-21-16(13-26-19)11-22(12-17-7-5-9-25-17)10-15-6-3-4-8-18(15)24-2/h3-9,13H,10-12H2,1-2H3,(H,20,21,23). The van der Waals surface area contributed by atoms with Gasteiger partial charge in [-0.2, -0.15) is 0 Å². The molecule has 0 saturated carbocycles. The van der Waals surface area contributed by atoms with Gasteiger partial charge < -0.3 is 10.1 Å². The van der Waals surface area contributed by atoms with Crippen molar-refractivity contribution in [2.24, 2.45) is 0 Å². The van der Waals surface area contributed by atoms with Crippen LogP contribution in [0.1, 0.15) is 23.1 Å². The number of hydrogen-bond donors (Lipinski definition) is 1. The molecule has 1 aromatic carbocycles. The van der Waals surface area contributed by atoms with Gasteiger partial charge in [-0.25, -0.2) is 4.98 Å². The molecule has 0 aliphatic carbocycles. The molecule has 0 aliphatic rings. The molecule has 2 aromatic heterocycles. The first-order valence-corrected chi connectivity index (χ1v) is 9.98. The molecule has 3 rings (SSSR count). The molecule has 0 atom stereocenters. The van der Waals surface area contributed by atoms with Crippen molar-refractivity contribution in [3.05, 3.63) is 63.3 Å². The van der Waals surface area contributed by atoms with Crippen LogP contribution in [0.3, 0.4) is 0 Å². The smallest absolute Gasteiger partial charge is 0.223 e. The fourth-order valence-corrected chi connectivity index (χ4v) is 4.18. The number of carbonyl (C=O) groups excluding carboxylic acids is 1. The maximum Gasteiger partial charge on any atom is 0.223 e. The molecule has 0 aliphatic heterocycles. The Bertz CT molecular complexity index is 846. The van der Waals surface area contributed by atoms with Crippen molar-refractivity contribution in [1.29, 1.82) is 0 Å². The Morgan fingerprint density at radius 1 is 1.15 bits per heavy atom. The van der Waals surface area contributed by atoms with Crippen LogP contribution in [0.5, 0.6) is 5.75 Å². The Labute approximate surface area is 161 Å². The third-order valence-corrected chi connectivity index (χ3v) is 5.43. The quantitative estimate of drug-likeness (QED) is 0.623. The van der Waals surface area contributed by atoms with E-state index in [1.165, 1.54) is 23.1 Å². The maximum atomic E-state index is 11.2. The predicted molar refractivity (Wildman–Crippen MR) is 107 cm³/mol. The first kappa shape index (κ1) is 18.6. The lowest BCUT2D eigenvalue weighted by Gasteiger charge is -2.22. The lowest BCUT2D eigenvalue weighted by Crippen LogP contribution is -2.22. The van der Waals surface area contributed by atoms with E-state index in [4.69, 9.17) is 4.74 Å². The summed E-state index contributed by atoms with van der Waals surface area (Å²) in [5, 5.41) is 7.47. The summed E-state index contributed by atoms with van der Waals surface area (Å²) < 4.78 is 5.49. The summed E-state index contributed by atoms with van der Waals surface area (Å²) in [6, 6.07) is 12.3. The number of benzene rings is 1. The van der Waals surface area contributed by atoms with Crippen LogP contribution in [-0.4, -0.2) is 22.9 Å². The van der Waals surface area contributed by atoms with Crippen molar-refractivity contribution in [3.8, 4) is 5.75 Å². The zero-order valence-electron chi connectivity index (χ0n) is 14.8. The maximum absolute atomic E-state index is 11.2. The summed E-state index contributed by atoms with van der Waals surface area (Å²) in [7, 11) is 1.70. The minimum Gasteiger partial charge on any atom is -0.496 e. The van der Waals surface area contributed by atoms with Crippen LogP contribution >= 0.6 is 22.7 Å². The molecule has 1 amide bonds. The molecule has 0 unspecified atom stereocenters. The number of nitrogens with one attached hydrogen (secondary N) is 1. The Balaban J connectivity index is 1.76. The van der Waals surface area contributed by atoms with Gasteiger partial charge in [-0.1, -0.05) is 24.3 Å².